The first-order valence-corrected chi connectivity index (χ1v) is 6.68. The van der Waals surface area contributed by atoms with E-state index < -0.39 is 0 Å². The lowest BCUT2D eigenvalue weighted by Gasteiger charge is -2.35. The van der Waals surface area contributed by atoms with Gasteiger partial charge in [0.05, 0.1) is 6.10 Å². The lowest BCUT2D eigenvalue weighted by molar-refractivity contribution is 0.0312. The summed E-state index contributed by atoms with van der Waals surface area (Å²) < 4.78 is 0. The molecule has 3 unspecified atom stereocenters. The fraction of sp³-hybridized carbons (Fsp3) is 1.00. The van der Waals surface area contributed by atoms with E-state index in [1.54, 1.807) is 0 Å². The highest BCUT2D eigenvalue weighted by atomic mass is 16.3. The zero-order valence-electron chi connectivity index (χ0n) is 10.9. The van der Waals surface area contributed by atoms with Gasteiger partial charge in [-0.3, -0.25) is 0 Å². The first-order chi connectivity index (χ1) is 7.00. The Labute approximate surface area is 95.3 Å². The Morgan fingerprint density at radius 1 is 1.13 bits per heavy atom. The third-order valence-corrected chi connectivity index (χ3v) is 4.04. The Morgan fingerprint density at radius 2 is 1.80 bits per heavy atom. The van der Waals surface area contributed by atoms with Crippen LogP contribution in [0, 0.1) is 23.7 Å². The van der Waals surface area contributed by atoms with Gasteiger partial charge in [0.25, 0.3) is 0 Å². The Hall–Kier alpha value is -0.0400. The first-order valence-electron chi connectivity index (χ1n) is 6.68. The maximum atomic E-state index is 9.98. The molecule has 1 nitrogen and oxygen atoms in total. The molecule has 0 aliphatic heterocycles. The van der Waals surface area contributed by atoms with Crippen LogP contribution in [-0.4, -0.2) is 11.2 Å². The van der Waals surface area contributed by atoms with E-state index >= 15 is 0 Å². The minimum absolute atomic E-state index is 0.0150. The first kappa shape index (κ1) is 13.0. The average Bonchev–Trinajstić information content (AvgIpc) is 2.16. The zero-order chi connectivity index (χ0) is 11.4. The second-order valence-corrected chi connectivity index (χ2v) is 6.12. The fourth-order valence-corrected chi connectivity index (χ4v) is 2.75. The van der Waals surface area contributed by atoms with Crippen molar-refractivity contribution in [2.45, 2.75) is 65.9 Å². The molecule has 1 aliphatic carbocycles. The molecule has 1 N–H and O–H groups in total. The third-order valence-electron chi connectivity index (χ3n) is 4.04. The van der Waals surface area contributed by atoms with Gasteiger partial charge in [0.1, 0.15) is 0 Å². The Morgan fingerprint density at radius 3 is 2.33 bits per heavy atom. The highest BCUT2D eigenvalue weighted by Gasteiger charge is 2.30. The molecule has 0 aromatic carbocycles. The molecule has 90 valence electrons. The Bertz CT molecular complexity index is 174. The van der Waals surface area contributed by atoms with E-state index in [0.717, 1.165) is 24.2 Å². The molecule has 1 heteroatoms. The van der Waals surface area contributed by atoms with Gasteiger partial charge >= 0.3 is 0 Å². The van der Waals surface area contributed by atoms with Crippen molar-refractivity contribution in [3.8, 4) is 0 Å². The fourth-order valence-electron chi connectivity index (χ4n) is 2.75. The molecule has 0 radical (unpaired) electrons. The summed E-state index contributed by atoms with van der Waals surface area (Å²) in [7, 11) is 0. The Balaban J connectivity index is 2.39. The van der Waals surface area contributed by atoms with Crippen molar-refractivity contribution in [1.82, 2.24) is 0 Å². The van der Waals surface area contributed by atoms with Gasteiger partial charge in [0.2, 0.25) is 0 Å². The molecule has 0 spiro atoms. The van der Waals surface area contributed by atoms with Crippen molar-refractivity contribution >= 4 is 0 Å². The van der Waals surface area contributed by atoms with Crippen LogP contribution in [0.1, 0.15) is 59.8 Å². The quantitative estimate of drug-likeness (QED) is 0.750. The number of hydrogen-bond acceptors (Lipinski definition) is 1. The normalized spacial score (nSPS) is 32.6. The molecular formula is C14H28O. The zero-order valence-corrected chi connectivity index (χ0v) is 10.9. The molecule has 0 amide bonds. The van der Waals surface area contributed by atoms with Crippen LogP contribution in [0.2, 0.25) is 0 Å². The van der Waals surface area contributed by atoms with Crippen molar-refractivity contribution in [2.24, 2.45) is 23.7 Å². The third kappa shape index (κ3) is 4.14. The van der Waals surface area contributed by atoms with E-state index in [4.69, 9.17) is 0 Å². The molecule has 0 aromatic rings. The van der Waals surface area contributed by atoms with Crippen LogP contribution in [0.25, 0.3) is 0 Å². The van der Waals surface area contributed by atoms with Crippen molar-refractivity contribution in [3.05, 3.63) is 0 Å². The predicted octanol–water partition coefficient (Wildman–Crippen LogP) is 3.86. The maximum Gasteiger partial charge on any atom is 0.0568 e. The van der Waals surface area contributed by atoms with E-state index in [-0.39, 0.29) is 6.10 Å². The van der Waals surface area contributed by atoms with Crippen molar-refractivity contribution in [3.63, 3.8) is 0 Å². The van der Waals surface area contributed by atoms with Crippen molar-refractivity contribution in [1.29, 1.82) is 0 Å². The van der Waals surface area contributed by atoms with Crippen LogP contribution >= 0.6 is 0 Å². The highest BCUT2D eigenvalue weighted by Crippen LogP contribution is 2.36. The number of hydrogen-bond donors (Lipinski definition) is 1. The van der Waals surface area contributed by atoms with Crippen molar-refractivity contribution in [2.75, 3.05) is 0 Å². The van der Waals surface area contributed by atoms with Crippen LogP contribution in [-0.2, 0) is 0 Å². The van der Waals surface area contributed by atoms with E-state index in [2.05, 4.69) is 27.7 Å². The second-order valence-electron chi connectivity index (χ2n) is 6.12. The monoisotopic (exact) mass is 212 g/mol. The predicted molar refractivity (Wildman–Crippen MR) is 65.7 cm³/mol. The summed E-state index contributed by atoms with van der Waals surface area (Å²) >= 11 is 0. The van der Waals surface area contributed by atoms with Crippen molar-refractivity contribution < 1.29 is 5.11 Å². The van der Waals surface area contributed by atoms with E-state index in [0.29, 0.717) is 5.92 Å². The summed E-state index contributed by atoms with van der Waals surface area (Å²) in [6.45, 7) is 9.19. The van der Waals surface area contributed by atoms with Gasteiger partial charge in [-0.1, -0.05) is 34.1 Å². The van der Waals surface area contributed by atoms with E-state index in [1.807, 2.05) is 0 Å². The molecule has 0 bridgehead atoms. The SMILES string of the molecule is CC(C)CCC1CC(C(C)C)CCC1O. The average molecular weight is 212 g/mol. The largest absolute Gasteiger partial charge is 0.393 e. The summed E-state index contributed by atoms with van der Waals surface area (Å²) in [4.78, 5) is 0. The van der Waals surface area contributed by atoms with Gasteiger partial charge in [-0.25, -0.2) is 0 Å². The van der Waals surface area contributed by atoms with Gasteiger partial charge < -0.3 is 5.11 Å². The maximum absolute atomic E-state index is 9.98. The number of aliphatic hydroxyl groups is 1. The summed E-state index contributed by atoms with van der Waals surface area (Å²) in [6, 6.07) is 0. The molecule has 0 saturated heterocycles. The highest BCUT2D eigenvalue weighted by molar-refractivity contribution is 4.81. The topological polar surface area (TPSA) is 20.2 Å². The molecule has 3 atom stereocenters. The lowest BCUT2D eigenvalue weighted by atomic mass is 9.73. The smallest absolute Gasteiger partial charge is 0.0568 e. The van der Waals surface area contributed by atoms with Crippen LogP contribution in [0.4, 0.5) is 0 Å². The second kappa shape index (κ2) is 5.89. The molecule has 1 saturated carbocycles. The summed E-state index contributed by atoms with van der Waals surface area (Å²) in [5, 5.41) is 9.98. The van der Waals surface area contributed by atoms with Gasteiger partial charge in [-0.2, -0.15) is 0 Å². The minimum Gasteiger partial charge on any atom is -0.393 e. The minimum atomic E-state index is -0.0150. The molecular weight excluding hydrogens is 184 g/mol. The molecule has 1 aliphatic rings. The molecule has 0 aromatic heterocycles. The number of aliphatic hydroxyl groups excluding tert-OH is 1. The standard InChI is InChI=1S/C14H28O/c1-10(2)5-6-13-9-12(11(3)4)7-8-14(13)15/h10-15H,5-9H2,1-4H3. The van der Waals surface area contributed by atoms with Gasteiger partial charge in [-0.15, -0.1) is 0 Å². The van der Waals surface area contributed by atoms with Gasteiger partial charge in [-0.05, 0) is 49.4 Å². The summed E-state index contributed by atoms with van der Waals surface area (Å²) in [5.41, 5.74) is 0. The molecule has 1 rings (SSSR count). The van der Waals surface area contributed by atoms with Crippen LogP contribution in [0.15, 0.2) is 0 Å². The Kier molecular flexibility index (Phi) is 5.11. The molecule has 0 heterocycles. The molecule has 15 heavy (non-hydrogen) atoms. The number of rotatable bonds is 4. The van der Waals surface area contributed by atoms with Crippen LogP contribution < -0.4 is 0 Å². The summed E-state index contributed by atoms with van der Waals surface area (Å²) in [5.74, 6) is 3.00. The molecule has 1 fully saturated rings. The van der Waals surface area contributed by atoms with Crippen LogP contribution in [0.5, 0.6) is 0 Å². The van der Waals surface area contributed by atoms with E-state index in [9.17, 15) is 5.11 Å². The van der Waals surface area contributed by atoms with E-state index in [1.165, 1.54) is 25.7 Å². The van der Waals surface area contributed by atoms with Gasteiger partial charge in [0, 0.05) is 0 Å². The lowest BCUT2D eigenvalue weighted by Crippen LogP contribution is -2.31. The summed E-state index contributed by atoms with van der Waals surface area (Å²) in [6.07, 6.45) is 6.00. The van der Waals surface area contributed by atoms with Crippen LogP contribution in [0.3, 0.4) is 0 Å². The van der Waals surface area contributed by atoms with Gasteiger partial charge in [0.15, 0.2) is 0 Å².